The van der Waals surface area contributed by atoms with Gasteiger partial charge in [-0.2, -0.15) is 4.31 Å². The Hall–Kier alpha value is -2.58. The molecule has 0 radical (unpaired) electrons. The van der Waals surface area contributed by atoms with Crippen LogP contribution < -0.4 is 15.0 Å². The molecular weight excluding hydrogens is 414 g/mol. The quantitative estimate of drug-likeness (QED) is 0.569. The van der Waals surface area contributed by atoms with E-state index < -0.39 is 10.0 Å². The number of hydrogen-bond acceptors (Lipinski definition) is 5. The highest BCUT2D eigenvalue weighted by Crippen LogP contribution is 2.17. The van der Waals surface area contributed by atoms with Crippen molar-refractivity contribution in [1.29, 1.82) is 0 Å². The molecule has 3 rings (SSSR count). The van der Waals surface area contributed by atoms with Gasteiger partial charge in [0.2, 0.25) is 10.0 Å². The minimum absolute atomic E-state index is 0.0782. The predicted octanol–water partition coefficient (Wildman–Crippen LogP) is 2.75. The molecule has 1 amide bonds. The van der Waals surface area contributed by atoms with Crippen LogP contribution in [0.2, 0.25) is 0 Å². The van der Waals surface area contributed by atoms with Gasteiger partial charge in [0.1, 0.15) is 5.75 Å². The zero-order valence-corrected chi connectivity index (χ0v) is 18.8. The smallest absolute Gasteiger partial charge is 0.251 e. The molecule has 168 valence electrons. The third-order valence-electron chi connectivity index (χ3n) is 5.28. The summed E-state index contributed by atoms with van der Waals surface area (Å²) in [5.41, 5.74) is 1.59. The molecule has 1 aliphatic rings. The molecule has 2 aromatic carbocycles. The van der Waals surface area contributed by atoms with Gasteiger partial charge in [-0.15, -0.1) is 0 Å². The molecule has 2 aromatic rings. The Bertz CT molecular complexity index is 925. The van der Waals surface area contributed by atoms with Gasteiger partial charge in [0.05, 0.1) is 12.4 Å². The maximum atomic E-state index is 12.7. The largest absolute Gasteiger partial charge is 0.494 e. The van der Waals surface area contributed by atoms with Crippen LogP contribution in [0, 0.1) is 0 Å². The van der Waals surface area contributed by atoms with Crippen molar-refractivity contribution < 1.29 is 17.9 Å². The number of hydrogen-bond donors (Lipinski definition) is 1. The molecule has 0 saturated carbocycles. The third-order valence-corrected chi connectivity index (χ3v) is 7.15. The van der Waals surface area contributed by atoms with Crippen LogP contribution in [0.3, 0.4) is 0 Å². The standard InChI is InChI=1S/C23H31N3O4S/c1-2-3-18-30-22-11-9-20(10-12-22)23(27)24-13-19-31(28,29)26-16-14-25(15-17-26)21-7-5-4-6-8-21/h4-12H,2-3,13-19H2,1H3,(H,24,27). The van der Waals surface area contributed by atoms with Crippen molar-refractivity contribution in [3.05, 3.63) is 60.2 Å². The zero-order valence-electron chi connectivity index (χ0n) is 18.0. The molecule has 1 fully saturated rings. The Morgan fingerprint density at radius 1 is 1.00 bits per heavy atom. The highest BCUT2D eigenvalue weighted by atomic mass is 32.2. The predicted molar refractivity (Wildman–Crippen MR) is 123 cm³/mol. The van der Waals surface area contributed by atoms with E-state index in [1.54, 1.807) is 24.3 Å². The summed E-state index contributed by atoms with van der Waals surface area (Å²) >= 11 is 0. The number of amides is 1. The number of carbonyl (C=O) groups is 1. The van der Waals surface area contributed by atoms with Crippen LogP contribution in [0.4, 0.5) is 5.69 Å². The molecular formula is C23H31N3O4S. The highest BCUT2D eigenvalue weighted by molar-refractivity contribution is 7.89. The molecule has 1 heterocycles. The number of rotatable bonds is 10. The van der Waals surface area contributed by atoms with E-state index in [1.165, 1.54) is 4.31 Å². The van der Waals surface area contributed by atoms with Gasteiger partial charge in [-0.25, -0.2) is 8.42 Å². The maximum Gasteiger partial charge on any atom is 0.251 e. The van der Waals surface area contributed by atoms with Crippen molar-refractivity contribution in [2.24, 2.45) is 0 Å². The first-order valence-corrected chi connectivity index (χ1v) is 12.4. The van der Waals surface area contributed by atoms with E-state index in [4.69, 9.17) is 4.74 Å². The summed E-state index contributed by atoms with van der Waals surface area (Å²) in [6.07, 6.45) is 2.05. The number of ether oxygens (including phenoxy) is 1. The fourth-order valence-electron chi connectivity index (χ4n) is 3.42. The fraction of sp³-hybridized carbons (Fsp3) is 0.435. The van der Waals surface area contributed by atoms with Gasteiger partial charge >= 0.3 is 0 Å². The van der Waals surface area contributed by atoms with Crippen molar-refractivity contribution >= 4 is 21.6 Å². The van der Waals surface area contributed by atoms with Crippen LogP contribution in [0.15, 0.2) is 54.6 Å². The van der Waals surface area contributed by atoms with Gasteiger partial charge in [0.25, 0.3) is 5.91 Å². The second-order valence-corrected chi connectivity index (χ2v) is 9.61. The van der Waals surface area contributed by atoms with E-state index >= 15 is 0 Å². The van der Waals surface area contributed by atoms with Crippen LogP contribution in [0.1, 0.15) is 30.1 Å². The van der Waals surface area contributed by atoms with Gasteiger partial charge in [0, 0.05) is 44.0 Å². The number of piperazine rings is 1. The van der Waals surface area contributed by atoms with Gasteiger partial charge < -0.3 is 15.0 Å². The van der Waals surface area contributed by atoms with Crippen LogP contribution in [-0.4, -0.2) is 63.7 Å². The van der Waals surface area contributed by atoms with Crippen molar-refractivity contribution in [3.8, 4) is 5.75 Å². The summed E-state index contributed by atoms with van der Waals surface area (Å²) < 4.78 is 32.4. The summed E-state index contributed by atoms with van der Waals surface area (Å²) in [5.74, 6) is 0.328. The SMILES string of the molecule is CCCCOc1ccc(C(=O)NCCS(=O)(=O)N2CCN(c3ccccc3)CC2)cc1. The lowest BCUT2D eigenvalue weighted by molar-refractivity contribution is 0.0956. The second kappa shape index (κ2) is 11.2. The second-order valence-electron chi connectivity index (χ2n) is 7.52. The highest BCUT2D eigenvalue weighted by Gasteiger charge is 2.26. The number of unbranched alkanes of at least 4 members (excludes halogenated alkanes) is 1. The molecule has 1 aliphatic heterocycles. The number of nitrogens with one attached hydrogen (secondary N) is 1. The Morgan fingerprint density at radius 2 is 1.68 bits per heavy atom. The summed E-state index contributed by atoms with van der Waals surface area (Å²) in [5, 5.41) is 2.70. The monoisotopic (exact) mass is 445 g/mol. The number of anilines is 1. The van der Waals surface area contributed by atoms with Gasteiger partial charge in [-0.1, -0.05) is 31.5 Å². The Kier molecular flexibility index (Phi) is 8.31. The van der Waals surface area contributed by atoms with E-state index in [9.17, 15) is 13.2 Å². The van der Waals surface area contributed by atoms with Crippen molar-refractivity contribution in [3.63, 3.8) is 0 Å². The molecule has 0 unspecified atom stereocenters. The van der Waals surface area contributed by atoms with E-state index in [2.05, 4.69) is 17.1 Å². The lowest BCUT2D eigenvalue weighted by atomic mass is 10.2. The summed E-state index contributed by atoms with van der Waals surface area (Å²) in [6.45, 7) is 5.04. The lowest BCUT2D eigenvalue weighted by Crippen LogP contribution is -2.50. The normalized spacial score (nSPS) is 14.9. The summed E-state index contributed by atoms with van der Waals surface area (Å²) in [4.78, 5) is 14.5. The Labute approximate surface area is 185 Å². The molecule has 7 nitrogen and oxygen atoms in total. The van der Waals surface area contributed by atoms with E-state index in [1.807, 2.05) is 30.3 Å². The lowest BCUT2D eigenvalue weighted by Gasteiger charge is -2.35. The first-order valence-electron chi connectivity index (χ1n) is 10.8. The molecule has 1 N–H and O–H groups in total. The summed E-state index contributed by atoms with van der Waals surface area (Å²) in [7, 11) is -3.41. The minimum Gasteiger partial charge on any atom is -0.494 e. The number of para-hydroxylation sites is 1. The van der Waals surface area contributed by atoms with Crippen LogP contribution in [0.25, 0.3) is 0 Å². The zero-order chi connectivity index (χ0) is 22.1. The Balaban J connectivity index is 1.42. The van der Waals surface area contributed by atoms with Crippen molar-refractivity contribution in [2.45, 2.75) is 19.8 Å². The van der Waals surface area contributed by atoms with Crippen molar-refractivity contribution in [1.82, 2.24) is 9.62 Å². The van der Waals surface area contributed by atoms with E-state index in [0.717, 1.165) is 24.3 Å². The first kappa shape index (κ1) is 23.1. The molecule has 0 spiro atoms. The molecule has 31 heavy (non-hydrogen) atoms. The number of benzene rings is 2. The fourth-order valence-corrected chi connectivity index (χ4v) is 4.76. The minimum atomic E-state index is -3.41. The Morgan fingerprint density at radius 3 is 2.32 bits per heavy atom. The maximum absolute atomic E-state index is 12.7. The van der Waals surface area contributed by atoms with Crippen molar-refractivity contribution in [2.75, 3.05) is 50.0 Å². The molecule has 1 saturated heterocycles. The first-order chi connectivity index (χ1) is 15.0. The molecule has 0 bridgehead atoms. The van der Waals surface area contributed by atoms with E-state index in [-0.39, 0.29) is 18.2 Å². The molecule has 0 aromatic heterocycles. The number of sulfonamides is 1. The van der Waals surface area contributed by atoms with Crippen LogP contribution in [0.5, 0.6) is 5.75 Å². The van der Waals surface area contributed by atoms with Crippen LogP contribution in [-0.2, 0) is 10.0 Å². The molecule has 0 aliphatic carbocycles. The van der Waals surface area contributed by atoms with E-state index in [0.29, 0.717) is 38.3 Å². The van der Waals surface area contributed by atoms with Gasteiger partial charge in [-0.3, -0.25) is 4.79 Å². The van der Waals surface area contributed by atoms with Gasteiger partial charge in [0.15, 0.2) is 0 Å². The molecule has 0 atom stereocenters. The average Bonchev–Trinajstić information content (AvgIpc) is 2.80. The summed E-state index contributed by atoms with van der Waals surface area (Å²) in [6, 6.07) is 16.9. The number of nitrogens with zero attached hydrogens (tertiary/aromatic N) is 2. The molecule has 8 heteroatoms. The van der Waals surface area contributed by atoms with Crippen LogP contribution >= 0.6 is 0 Å². The average molecular weight is 446 g/mol. The number of carbonyl (C=O) groups excluding carboxylic acids is 1. The topological polar surface area (TPSA) is 78.9 Å². The third kappa shape index (κ3) is 6.70. The van der Waals surface area contributed by atoms with Gasteiger partial charge in [-0.05, 0) is 42.8 Å².